The third-order valence-corrected chi connectivity index (χ3v) is 2.72. The Hall–Kier alpha value is -1.39. The van der Waals surface area contributed by atoms with Gasteiger partial charge in [-0.3, -0.25) is 14.9 Å². The predicted molar refractivity (Wildman–Crippen MR) is 73.0 cm³/mol. The molecule has 0 aliphatic carbocycles. The van der Waals surface area contributed by atoms with E-state index in [9.17, 15) is 10.0 Å². The molecule has 0 unspecified atom stereocenters. The second-order valence-corrected chi connectivity index (χ2v) is 3.98. The highest BCUT2D eigenvalue weighted by Gasteiger charge is 2.18. The van der Waals surface area contributed by atoms with E-state index in [1.165, 1.54) is 13.8 Å². The summed E-state index contributed by atoms with van der Waals surface area (Å²) in [5, 5.41) is 10.6. The number of amides is 1. The van der Waals surface area contributed by atoms with E-state index in [1.54, 1.807) is 32.0 Å². The average molecular weight is 254 g/mol. The van der Waals surface area contributed by atoms with Gasteiger partial charge in [0.2, 0.25) is 0 Å². The Morgan fingerprint density at radius 1 is 1.28 bits per heavy atom. The largest absolute Gasteiger partial charge is 0.295 e. The molecule has 0 aliphatic heterocycles. The molecule has 0 radical (unpaired) electrons. The van der Waals surface area contributed by atoms with Crippen molar-refractivity contribution in [2.75, 3.05) is 24.6 Å². The van der Waals surface area contributed by atoms with Gasteiger partial charge < -0.3 is 0 Å². The molecular weight excluding hydrogens is 228 g/mol. The second-order valence-electron chi connectivity index (χ2n) is 3.98. The van der Waals surface area contributed by atoms with Crippen molar-refractivity contribution < 1.29 is 15.5 Å². The number of anilines is 1. The highest BCUT2D eigenvalue weighted by atomic mass is 16.5. The van der Waals surface area contributed by atoms with Gasteiger partial charge in [0.1, 0.15) is 0 Å². The summed E-state index contributed by atoms with van der Waals surface area (Å²) in [6, 6.07) is 5.29. The summed E-state index contributed by atoms with van der Waals surface area (Å²) < 4.78 is 30.7. The Morgan fingerprint density at radius 2 is 1.78 bits per heavy atom. The van der Waals surface area contributed by atoms with E-state index in [0.29, 0.717) is 21.9 Å². The van der Waals surface area contributed by atoms with Crippen LogP contribution in [-0.4, -0.2) is 35.6 Å². The number of hydrogen-bond acceptors (Lipinski definition) is 3. The molecule has 100 valence electrons. The van der Waals surface area contributed by atoms with Crippen LogP contribution in [0.5, 0.6) is 0 Å². The number of para-hydroxylation sites is 1. The molecular formula is C14H22N2O2. The number of aryl methyl sites for hydroxylation is 2. The fraction of sp³-hybridized carbons (Fsp3) is 0.500. The van der Waals surface area contributed by atoms with Crippen molar-refractivity contribution in [1.29, 1.82) is 0 Å². The van der Waals surface area contributed by atoms with Gasteiger partial charge in [-0.15, -0.1) is 0 Å². The summed E-state index contributed by atoms with van der Waals surface area (Å²) in [6.07, 6.45) is 0. The lowest BCUT2D eigenvalue weighted by molar-refractivity contribution is -0.124. The zero-order chi connectivity index (χ0) is 17.3. The highest BCUT2D eigenvalue weighted by Crippen LogP contribution is 2.23. The van der Waals surface area contributed by atoms with Gasteiger partial charge in [0.05, 0.1) is 12.2 Å². The van der Waals surface area contributed by atoms with Crippen LogP contribution in [0, 0.1) is 13.8 Å². The highest BCUT2D eigenvalue weighted by molar-refractivity contribution is 5.94. The first-order valence-electron chi connectivity index (χ1n) is 7.71. The van der Waals surface area contributed by atoms with E-state index < -0.39 is 25.4 Å². The van der Waals surface area contributed by atoms with Gasteiger partial charge >= 0.3 is 0 Å². The van der Waals surface area contributed by atoms with Gasteiger partial charge in [-0.1, -0.05) is 32.0 Å². The molecule has 0 heterocycles. The Balaban J connectivity index is 3.05. The van der Waals surface area contributed by atoms with Gasteiger partial charge in [0.25, 0.3) is 5.91 Å². The minimum absolute atomic E-state index is 0.334. The maximum Gasteiger partial charge on any atom is 0.264 e. The number of hydroxylamine groups is 1. The molecule has 18 heavy (non-hydrogen) atoms. The van der Waals surface area contributed by atoms with E-state index in [2.05, 4.69) is 0 Å². The number of hydrogen-bond donors (Lipinski definition) is 1. The predicted octanol–water partition coefficient (Wildman–Crippen LogP) is 2.37. The van der Waals surface area contributed by atoms with Gasteiger partial charge in [-0.25, -0.2) is 0 Å². The van der Waals surface area contributed by atoms with Crippen LogP contribution in [0.4, 0.5) is 5.69 Å². The lowest BCUT2D eigenvalue weighted by Crippen LogP contribution is -2.39. The van der Waals surface area contributed by atoms with Crippen LogP contribution in [0.25, 0.3) is 0 Å². The molecule has 0 fully saturated rings. The van der Waals surface area contributed by atoms with Crippen LogP contribution in [0.15, 0.2) is 18.2 Å². The molecule has 0 atom stereocenters. The SMILES string of the molecule is [2H]C([2H])(C)N(CC(=O)N(O)c1c(C)cccc1C)C([2H])([2H])C. The molecule has 1 aromatic rings. The Bertz CT molecular complexity index is 519. The van der Waals surface area contributed by atoms with Crippen molar-refractivity contribution in [1.82, 2.24) is 4.90 Å². The molecule has 0 spiro atoms. The van der Waals surface area contributed by atoms with Gasteiger partial charge in [0, 0.05) is 5.48 Å². The number of nitrogens with zero attached hydrogens (tertiary/aromatic N) is 2. The smallest absolute Gasteiger partial charge is 0.264 e. The van der Waals surface area contributed by atoms with Crippen LogP contribution < -0.4 is 5.06 Å². The lowest BCUT2D eigenvalue weighted by Gasteiger charge is -2.23. The molecule has 4 heteroatoms. The summed E-state index contributed by atoms with van der Waals surface area (Å²) in [7, 11) is 0. The quantitative estimate of drug-likeness (QED) is 0.648. The fourth-order valence-corrected chi connectivity index (χ4v) is 1.74. The molecule has 0 bridgehead atoms. The Kier molecular flexibility index (Phi) is 3.45. The van der Waals surface area contributed by atoms with Crippen molar-refractivity contribution >= 4 is 11.6 Å². The van der Waals surface area contributed by atoms with E-state index in [4.69, 9.17) is 5.48 Å². The van der Waals surface area contributed by atoms with Crippen LogP contribution in [0.3, 0.4) is 0 Å². The molecule has 0 saturated carbocycles. The maximum atomic E-state index is 12.3. The molecule has 1 N–H and O–H groups in total. The molecule has 0 aromatic heterocycles. The van der Waals surface area contributed by atoms with Crippen molar-refractivity contribution in [2.24, 2.45) is 0 Å². The van der Waals surface area contributed by atoms with Crippen molar-refractivity contribution in [3.8, 4) is 0 Å². The summed E-state index contributed by atoms with van der Waals surface area (Å²) in [5.41, 5.74) is 1.73. The van der Waals surface area contributed by atoms with Gasteiger partial charge in [-0.2, -0.15) is 5.06 Å². The van der Waals surface area contributed by atoms with Gasteiger partial charge in [-0.05, 0) is 38.0 Å². The minimum atomic E-state index is -2.05. The van der Waals surface area contributed by atoms with Crippen LogP contribution in [0.1, 0.15) is 30.5 Å². The topological polar surface area (TPSA) is 43.8 Å². The summed E-state index contributed by atoms with van der Waals surface area (Å²) in [6.45, 7) is 1.15. The third-order valence-electron chi connectivity index (χ3n) is 2.72. The maximum absolute atomic E-state index is 12.3. The summed E-state index contributed by atoms with van der Waals surface area (Å²) in [4.78, 5) is 13.0. The van der Waals surface area contributed by atoms with Gasteiger partial charge in [0.15, 0.2) is 0 Å². The first kappa shape index (κ1) is 9.53. The number of likely N-dealkylation sites (N-methyl/N-ethyl adjacent to an activating group) is 1. The van der Waals surface area contributed by atoms with E-state index in [0.717, 1.165) is 4.90 Å². The zero-order valence-corrected chi connectivity index (χ0v) is 11.2. The standard InChI is InChI=1S/C14H22N2O2/c1-5-15(6-2)10-13(17)16(18)14-11(3)8-7-9-12(14)4/h7-9,18H,5-6,10H2,1-4H3/i5D2,6D2. The second kappa shape index (κ2) is 6.52. The molecule has 1 rings (SSSR count). The summed E-state index contributed by atoms with van der Waals surface area (Å²) in [5.74, 6) is -0.797. The third kappa shape index (κ3) is 3.31. The summed E-state index contributed by atoms with van der Waals surface area (Å²) >= 11 is 0. The number of carbonyl (C=O) groups is 1. The Morgan fingerprint density at radius 3 is 2.22 bits per heavy atom. The molecule has 1 amide bonds. The first-order chi connectivity index (χ1) is 9.85. The average Bonchev–Trinajstić information content (AvgIpc) is 2.32. The van der Waals surface area contributed by atoms with Crippen LogP contribution >= 0.6 is 0 Å². The molecule has 4 nitrogen and oxygen atoms in total. The lowest BCUT2D eigenvalue weighted by atomic mass is 10.1. The normalized spacial score (nSPS) is 15.7. The van der Waals surface area contributed by atoms with E-state index in [-0.39, 0.29) is 0 Å². The van der Waals surface area contributed by atoms with Crippen LogP contribution in [-0.2, 0) is 4.79 Å². The number of benzene rings is 1. The van der Waals surface area contributed by atoms with E-state index >= 15 is 0 Å². The monoisotopic (exact) mass is 254 g/mol. The Labute approximate surface area is 114 Å². The first-order valence-corrected chi connectivity index (χ1v) is 5.71. The fourth-order valence-electron chi connectivity index (χ4n) is 1.74. The van der Waals surface area contributed by atoms with Crippen molar-refractivity contribution in [3.63, 3.8) is 0 Å². The minimum Gasteiger partial charge on any atom is -0.295 e. The van der Waals surface area contributed by atoms with Crippen molar-refractivity contribution in [2.45, 2.75) is 27.7 Å². The molecule has 0 saturated heterocycles. The molecule has 1 aromatic carbocycles. The number of carbonyl (C=O) groups excluding carboxylic acids is 1. The zero-order valence-electron chi connectivity index (χ0n) is 15.2. The van der Waals surface area contributed by atoms with Crippen LogP contribution in [0.2, 0.25) is 0 Å². The number of rotatable bonds is 5. The van der Waals surface area contributed by atoms with Crippen molar-refractivity contribution in [3.05, 3.63) is 29.3 Å². The van der Waals surface area contributed by atoms with E-state index in [1.807, 2.05) is 0 Å². The molecule has 0 aliphatic rings.